The van der Waals surface area contributed by atoms with Crippen molar-refractivity contribution in [2.75, 3.05) is 26.8 Å². The lowest BCUT2D eigenvalue weighted by atomic mass is 10.4. The molecule has 0 radical (unpaired) electrons. The monoisotopic (exact) mass is 171 g/mol. The van der Waals surface area contributed by atoms with Crippen molar-refractivity contribution >= 4 is 0 Å². The van der Waals surface area contributed by atoms with Gasteiger partial charge in [-0.3, -0.25) is 0 Å². The van der Waals surface area contributed by atoms with Crippen LogP contribution < -0.4 is 5.32 Å². The van der Waals surface area contributed by atoms with Crippen molar-refractivity contribution in [3.63, 3.8) is 0 Å². The summed E-state index contributed by atoms with van der Waals surface area (Å²) in [5.41, 5.74) is 0. The van der Waals surface area contributed by atoms with Gasteiger partial charge in [0.15, 0.2) is 5.82 Å². The van der Waals surface area contributed by atoms with Crippen LogP contribution in [-0.4, -0.2) is 36.9 Å². The Morgan fingerprint density at radius 1 is 1.58 bits per heavy atom. The number of nitrogens with one attached hydrogen (secondary N) is 1. The van der Waals surface area contributed by atoms with Crippen molar-refractivity contribution in [3.8, 4) is 0 Å². The highest BCUT2D eigenvalue weighted by Gasteiger charge is 1.96. The predicted molar refractivity (Wildman–Crippen MR) is 42.7 cm³/mol. The van der Waals surface area contributed by atoms with Gasteiger partial charge in [0.25, 0.3) is 0 Å². The van der Waals surface area contributed by atoms with Gasteiger partial charge in [0.2, 0.25) is 6.39 Å². The molecule has 0 unspecified atom stereocenters. The van der Waals surface area contributed by atoms with E-state index in [9.17, 15) is 0 Å². The molecular weight excluding hydrogens is 158 g/mol. The summed E-state index contributed by atoms with van der Waals surface area (Å²) >= 11 is 0. The van der Waals surface area contributed by atoms with Crippen molar-refractivity contribution in [2.45, 2.75) is 6.42 Å². The van der Waals surface area contributed by atoms with E-state index in [4.69, 9.17) is 4.74 Å². The number of rotatable bonds is 6. The van der Waals surface area contributed by atoms with Crippen molar-refractivity contribution in [1.29, 1.82) is 0 Å². The van der Waals surface area contributed by atoms with Gasteiger partial charge in [-0.1, -0.05) is 5.16 Å². The summed E-state index contributed by atoms with van der Waals surface area (Å²) in [4.78, 5) is 3.89. The van der Waals surface area contributed by atoms with E-state index >= 15 is 0 Å². The fourth-order valence-corrected chi connectivity index (χ4v) is 0.802. The van der Waals surface area contributed by atoms with Gasteiger partial charge in [-0.05, 0) is 0 Å². The third-order valence-electron chi connectivity index (χ3n) is 1.42. The third-order valence-corrected chi connectivity index (χ3v) is 1.42. The molecule has 0 atom stereocenters. The predicted octanol–water partition coefficient (Wildman–Crippen LogP) is -0.152. The molecular formula is C7H13N3O2. The van der Waals surface area contributed by atoms with E-state index in [1.54, 1.807) is 7.11 Å². The van der Waals surface area contributed by atoms with E-state index in [0.29, 0.717) is 0 Å². The molecule has 0 saturated carbocycles. The molecule has 1 rings (SSSR count). The maximum absolute atomic E-state index is 4.87. The molecule has 1 aromatic rings. The van der Waals surface area contributed by atoms with Crippen LogP contribution in [0, 0.1) is 0 Å². The second-order valence-electron chi connectivity index (χ2n) is 2.34. The molecule has 0 aliphatic carbocycles. The van der Waals surface area contributed by atoms with Gasteiger partial charge in [0.05, 0.1) is 6.61 Å². The lowest BCUT2D eigenvalue weighted by molar-refractivity contribution is 0.199. The zero-order valence-electron chi connectivity index (χ0n) is 7.12. The molecule has 0 saturated heterocycles. The summed E-state index contributed by atoms with van der Waals surface area (Å²) in [5, 5.41) is 6.85. The van der Waals surface area contributed by atoms with Crippen molar-refractivity contribution in [1.82, 2.24) is 15.5 Å². The first kappa shape index (κ1) is 9.15. The molecule has 5 heteroatoms. The van der Waals surface area contributed by atoms with Gasteiger partial charge in [-0.15, -0.1) is 0 Å². The Labute approximate surface area is 71.1 Å². The topological polar surface area (TPSA) is 60.2 Å². The van der Waals surface area contributed by atoms with Crippen molar-refractivity contribution in [2.24, 2.45) is 0 Å². The molecule has 1 heterocycles. The Morgan fingerprint density at radius 2 is 2.50 bits per heavy atom. The molecule has 12 heavy (non-hydrogen) atoms. The first-order chi connectivity index (χ1) is 5.93. The highest BCUT2D eigenvalue weighted by atomic mass is 16.5. The Hall–Kier alpha value is -0.940. The first-order valence-electron chi connectivity index (χ1n) is 3.88. The zero-order valence-corrected chi connectivity index (χ0v) is 7.12. The van der Waals surface area contributed by atoms with E-state index in [2.05, 4.69) is 20.0 Å². The molecule has 0 aliphatic heterocycles. The number of hydrogen-bond donors (Lipinski definition) is 1. The molecule has 0 spiro atoms. The van der Waals surface area contributed by atoms with Crippen LogP contribution in [0.15, 0.2) is 10.9 Å². The lowest BCUT2D eigenvalue weighted by Gasteiger charge is -2.00. The van der Waals surface area contributed by atoms with E-state index in [0.717, 1.165) is 31.9 Å². The summed E-state index contributed by atoms with van der Waals surface area (Å²) < 4.78 is 9.45. The molecule has 0 amide bonds. The summed E-state index contributed by atoms with van der Waals surface area (Å²) in [6.07, 6.45) is 2.13. The van der Waals surface area contributed by atoms with Crippen molar-refractivity contribution < 1.29 is 9.26 Å². The smallest absolute Gasteiger partial charge is 0.213 e. The van der Waals surface area contributed by atoms with Crippen LogP contribution in [0.25, 0.3) is 0 Å². The summed E-state index contributed by atoms with van der Waals surface area (Å²) in [7, 11) is 1.68. The van der Waals surface area contributed by atoms with Gasteiger partial charge in [0, 0.05) is 26.6 Å². The van der Waals surface area contributed by atoms with Crippen LogP contribution in [0.3, 0.4) is 0 Å². The SMILES string of the molecule is COCCNCCc1ncon1. The number of ether oxygens (including phenoxy) is 1. The second kappa shape index (κ2) is 5.68. The average Bonchev–Trinajstić information content (AvgIpc) is 2.57. The Bertz CT molecular complexity index is 189. The summed E-state index contributed by atoms with van der Waals surface area (Å²) in [5.74, 6) is 0.736. The highest BCUT2D eigenvalue weighted by Crippen LogP contribution is 1.87. The summed E-state index contributed by atoms with van der Waals surface area (Å²) in [6.45, 7) is 2.43. The van der Waals surface area contributed by atoms with Gasteiger partial charge >= 0.3 is 0 Å². The fourth-order valence-electron chi connectivity index (χ4n) is 0.802. The van der Waals surface area contributed by atoms with E-state index < -0.39 is 0 Å². The second-order valence-corrected chi connectivity index (χ2v) is 2.34. The number of nitrogens with zero attached hydrogens (tertiary/aromatic N) is 2. The molecule has 0 aliphatic rings. The van der Waals surface area contributed by atoms with E-state index in [-0.39, 0.29) is 0 Å². The minimum absolute atomic E-state index is 0.728. The molecule has 0 fully saturated rings. The van der Waals surface area contributed by atoms with Crippen LogP contribution in [0.1, 0.15) is 5.82 Å². The Morgan fingerprint density at radius 3 is 3.17 bits per heavy atom. The normalized spacial score (nSPS) is 10.4. The molecule has 5 nitrogen and oxygen atoms in total. The molecule has 68 valence electrons. The molecule has 1 aromatic heterocycles. The number of hydrogen-bond acceptors (Lipinski definition) is 5. The van der Waals surface area contributed by atoms with Gasteiger partial charge in [0.1, 0.15) is 0 Å². The van der Waals surface area contributed by atoms with Crippen molar-refractivity contribution in [3.05, 3.63) is 12.2 Å². The van der Waals surface area contributed by atoms with E-state index in [1.807, 2.05) is 0 Å². The Kier molecular flexibility index (Phi) is 4.33. The Balaban J connectivity index is 1.96. The third kappa shape index (κ3) is 3.45. The van der Waals surface area contributed by atoms with E-state index in [1.165, 1.54) is 6.39 Å². The fraction of sp³-hybridized carbons (Fsp3) is 0.714. The molecule has 1 N–H and O–H groups in total. The zero-order chi connectivity index (χ0) is 8.65. The lowest BCUT2D eigenvalue weighted by Crippen LogP contribution is -2.21. The largest absolute Gasteiger partial charge is 0.383 e. The standard InChI is InChI=1S/C7H13N3O2/c1-11-5-4-8-3-2-7-9-6-12-10-7/h6,8H,2-5H2,1H3. The van der Waals surface area contributed by atoms with Crippen LogP contribution in [-0.2, 0) is 11.2 Å². The molecule has 0 bridgehead atoms. The van der Waals surface area contributed by atoms with Crippen LogP contribution in [0.5, 0.6) is 0 Å². The maximum Gasteiger partial charge on any atom is 0.213 e. The first-order valence-corrected chi connectivity index (χ1v) is 3.88. The minimum atomic E-state index is 0.728. The molecule has 0 aromatic carbocycles. The van der Waals surface area contributed by atoms with Crippen LogP contribution >= 0.6 is 0 Å². The number of methoxy groups -OCH3 is 1. The van der Waals surface area contributed by atoms with Crippen LogP contribution in [0.4, 0.5) is 0 Å². The minimum Gasteiger partial charge on any atom is -0.383 e. The number of aromatic nitrogens is 2. The summed E-state index contributed by atoms with van der Waals surface area (Å²) in [6, 6.07) is 0. The quantitative estimate of drug-likeness (QED) is 0.603. The highest BCUT2D eigenvalue weighted by molar-refractivity contribution is 4.78. The van der Waals surface area contributed by atoms with Gasteiger partial charge < -0.3 is 14.6 Å². The van der Waals surface area contributed by atoms with Gasteiger partial charge in [-0.2, -0.15) is 4.98 Å². The van der Waals surface area contributed by atoms with Gasteiger partial charge in [-0.25, -0.2) is 0 Å². The van der Waals surface area contributed by atoms with Crippen LogP contribution in [0.2, 0.25) is 0 Å². The maximum atomic E-state index is 4.87. The average molecular weight is 171 g/mol.